The third kappa shape index (κ3) is 5.50. The standard InChI is InChI=1S/C22H26ClF3N4O2/c1-30(2)15(10-14-4-5-18(31)17(23)11-14)13-29-19(32)12-16(20-27-8-3-9-28-20)21(6-7-21)22(24,25)26/h3-5,8-9,11,15-16,31H,6-7,10,12-13H2,1-2H3,(H,29,32)/t15-,16?/m0/s1. The zero-order chi connectivity index (χ0) is 23.5. The zero-order valence-electron chi connectivity index (χ0n) is 17.9. The van der Waals surface area contributed by atoms with Gasteiger partial charge in [-0.15, -0.1) is 0 Å². The smallest absolute Gasteiger partial charge is 0.395 e. The predicted molar refractivity (Wildman–Crippen MR) is 114 cm³/mol. The summed E-state index contributed by atoms with van der Waals surface area (Å²) in [6.45, 7) is 0.242. The Kier molecular flexibility index (Phi) is 7.29. The number of phenolic OH excluding ortho intramolecular Hbond substituents is 1. The van der Waals surface area contributed by atoms with Crippen LogP contribution in [-0.2, 0) is 11.2 Å². The minimum absolute atomic E-state index is 0.0158. The molecule has 1 aromatic carbocycles. The number of likely N-dealkylation sites (N-methyl/N-ethyl adjacent to an activating group) is 1. The van der Waals surface area contributed by atoms with Gasteiger partial charge in [-0.3, -0.25) is 4.79 Å². The lowest BCUT2D eigenvalue weighted by Gasteiger charge is -2.28. The number of carbonyl (C=O) groups is 1. The third-order valence-electron chi connectivity index (χ3n) is 6.06. The number of hydrogen-bond donors (Lipinski definition) is 2. The van der Waals surface area contributed by atoms with E-state index in [0.717, 1.165) is 5.56 Å². The van der Waals surface area contributed by atoms with Gasteiger partial charge in [-0.25, -0.2) is 9.97 Å². The van der Waals surface area contributed by atoms with Crippen LogP contribution in [0, 0.1) is 5.41 Å². The van der Waals surface area contributed by atoms with Crippen molar-refractivity contribution in [3.05, 3.63) is 53.1 Å². The number of aromatic hydroxyl groups is 1. The Hall–Kier alpha value is -2.39. The van der Waals surface area contributed by atoms with E-state index in [0.29, 0.717) is 6.42 Å². The first-order chi connectivity index (χ1) is 15.0. The van der Waals surface area contributed by atoms with Crippen LogP contribution in [0.2, 0.25) is 5.02 Å². The SMILES string of the molecule is CN(C)[C@H](CNC(=O)CC(c1ncccn1)C1(C(F)(F)F)CC1)Cc1ccc(O)c(Cl)c1. The van der Waals surface area contributed by atoms with E-state index in [1.54, 1.807) is 12.1 Å². The maximum absolute atomic E-state index is 13.8. The number of amides is 1. The van der Waals surface area contributed by atoms with Crippen molar-refractivity contribution in [2.75, 3.05) is 20.6 Å². The summed E-state index contributed by atoms with van der Waals surface area (Å²) >= 11 is 5.97. The average molecular weight is 471 g/mol. The summed E-state index contributed by atoms with van der Waals surface area (Å²) in [5, 5.41) is 12.6. The normalized spacial score (nSPS) is 17.1. The molecule has 1 unspecified atom stereocenters. The fourth-order valence-corrected chi connectivity index (χ4v) is 4.07. The van der Waals surface area contributed by atoms with Crippen LogP contribution in [0.15, 0.2) is 36.7 Å². The summed E-state index contributed by atoms with van der Waals surface area (Å²) in [6.07, 6.45) is -1.51. The Labute approximate surface area is 189 Å². The minimum Gasteiger partial charge on any atom is -0.506 e. The summed E-state index contributed by atoms with van der Waals surface area (Å²) in [5.74, 6) is -1.58. The first-order valence-electron chi connectivity index (χ1n) is 10.3. The second-order valence-electron chi connectivity index (χ2n) is 8.43. The fraction of sp³-hybridized carbons (Fsp3) is 0.500. The number of carbonyl (C=O) groups excluding carboxylic acids is 1. The lowest BCUT2D eigenvalue weighted by Crippen LogP contribution is -2.43. The molecule has 0 aliphatic heterocycles. The second kappa shape index (κ2) is 9.62. The van der Waals surface area contributed by atoms with Gasteiger partial charge in [0.15, 0.2) is 0 Å². The van der Waals surface area contributed by atoms with Crippen LogP contribution < -0.4 is 5.32 Å². The van der Waals surface area contributed by atoms with E-state index < -0.39 is 23.4 Å². The van der Waals surface area contributed by atoms with Gasteiger partial charge in [0.2, 0.25) is 5.91 Å². The van der Waals surface area contributed by atoms with Gasteiger partial charge in [0, 0.05) is 37.3 Å². The quantitative estimate of drug-likeness (QED) is 0.580. The molecule has 2 aromatic rings. The average Bonchev–Trinajstić information content (AvgIpc) is 3.54. The van der Waals surface area contributed by atoms with Gasteiger partial charge in [-0.1, -0.05) is 17.7 Å². The highest BCUT2D eigenvalue weighted by atomic mass is 35.5. The van der Waals surface area contributed by atoms with Crippen molar-refractivity contribution in [3.63, 3.8) is 0 Å². The van der Waals surface area contributed by atoms with E-state index in [-0.39, 0.29) is 48.4 Å². The Morgan fingerprint density at radius 2 is 1.94 bits per heavy atom. The molecule has 0 spiro atoms. The molecule has 1 saturated carbocycles. The van der Waals surface area contributed by atoms with Gasteiger partial charge in [0.05, 0.1) is 10.4 Å². The molecule has 10 heteroatoms. The van der Waals surface area contributed by atoms with Crippen LogP contribution in [-0.4, -0.2) is 58.7 Å². The van der Waals surface area contributed by atoms with Crippen LogP contribution in [0.5, 0.6) is 5.75 Å². The highest BCUT2D eigenvalue weighted by Crippen LogP contribution is 2.65. The van der Waals surface area contributed by atoms with E-state index in [9.17, 15) is 23.1 Å². The number of benzene rings is 1. The first-order valence-corrected chi connectivity index (χ1v) is 10.7. The molecule has 1 amide bonds. The van der Waals surface area contributed by atoms with E-state index >= 15 is 0 Å². The monoisotopic (exact) mass is 470 g/mol. The van der Waals surface area contributed by atoms with Crippen LogP contribution in [0.25, 0.3) is 0 Å². The van der Waals surface area contributed by atoms with Crippen molar-refractivity contribution in [1.29, 1.82) is 0 Å². The number of nitrogens with one attached hydrogen (secondary N) is 1. The van der Waals surface area contributed by atoms with Gasteiger partial charge in [-0.05, 0) is 57.1 Å². The number of hydrogen-bond acceptors (Lipinski definition) is 5. The molecule has 6 nitrogen and oxygen atoms in total. The molecule has 1 fully saturated rings. The number of nitrogens with zero attached hydrogens (tertiary/aromatic N) is 3. The summed E-state index contributed by atoms with van der Waals surface area (Å²) in [5.41, 5.74) is -1.08. The lowest BCUT2D eigenvalue weighted by atomic mass is 9.84. The van der Waals surface area contributed by atoms with Crippen molar-refractivity contribution in [2.45, 2.75) is 43.8 Å². The molecule has 0 bridgehead atoms. The predicted octanol–water partition coefficient (Wildman–Crippen LogP) is 3.94. The maximum Gasteiger partial charge on any atom is 0.395 e. The molecule has 174 valence electrons. The summed E-state index contributed by atoms with van der Waals surface area (Å²) in [6, 6.07) is 6.30. The summed E-state index contributed by atoms with van der Waals surface area (Å²) in [7, 11) is 3.70. The third-order valence-corrected chi connectivity index (χ3v) is 6.36. The molecule has 3 rings (SSSR count). The van der Waals surface area contributed by atoms with Crippen molar-refractivity contribution >= 4 is 17.5 Å². The molecule has 0 radical (unpaired) electrons. The molecule has 2 N–H and O–H groups in total. The van der Waals surface area contributed by atoms with Crippen molar-refractivity contribution in [3.8, 4) is 5.75 Å². The number of alkyl halides is 3. The molecular weight excluding hydrogens is 445 g/mol. The molecule has 1 aromatic heterocycles. The molecule has 1 aliphatic carbocycles. The molecule has 0 saturated heterocycles. The Balaban J connectivity index is 1.68. The molecule has 1 aliphatic rings. The number of halogens is 4. The van der Waals surface area contributed by atoms with Crippen LogP contribution >= 0.6 is 11.6 Å². The molecule has 32 heavy (non-hydrogen) atoms. The zero-order valence-corrected chi connectivity index (χ0v) is 18.6. The van der Waals surface area contributed by atoms with Gasteiger partial charge >= 0.3 is 6.18 Å². The Morgan fingerprint density at radius 3 is 2.47 bits per heavy atom. The molecule has 1 heterocycles. The Morgan fingerprint density at radius 1 is 1.28 bits per heavy atom. The number of phenols is 1. The van der Waals surface area contributed by atoms with E-state index in [4.69, 9.17) is 11.6 Å². The summed E-state index contributed by atoms with van der Waals surface area (Å²) < 4.78 is 41.3. The van der Waals surface area contributed by atoms with Crippen molar-refractivity contribution < 1.29 is 23.1 Å². The fourth-order valence-electron chi connectivity index (χ4n) is 3.86. The number of rotatable bonds is 9. The largest absolute Gasteiger partial charge is 0.506 e. The molecular formula is C22H26ClF3N4O2. The van der Waals surface area contributed by atoms with Gasteiger partial charge in [0.1, 0.15) is 11.6 Å². The van der Waals surface area contributed by atoms with Crippen LogP contribution in [0.1, 0.15) is 36.6 Å². The molecule has 2 atom stereocenters. The van der Waals surface area contributed by atoms with Gasteiger partial charge in [0.25, 0.3) is 0 Å². The lowest BCUT2D eigenvalue weighted by molar-refractivity contribution is -0.195. The first kappa shape index (κ1) is 24.3. The van der Waals surface area contributed by atoms with Gasteiger partial charge in [-0.2, -0.15) is 13.2 Å². The van der Waals surface area contributed by atoms with E-state index in [2.05, 4.69) is 15.3 Å². The topological polar surface area (TPSA) is 78.4 Å². The van der Waals surface area contributed by atoms with Gasteiger partial charge < -0.3 is 15.3 Å². The minimum atomic E-state index is -4.43. The summed E-state index contributed by atoms with van der Waals surface area (Å²) in [4.78, 5) is 22.6. The second-order valence-corrected chi connectivity index (χ2v) is 8.84. The van der Waals surface area contributed by atoms with Crippen molar-refractivity contribution in [2.24, 2.45) is 5.41 Å². The van der Waals surface area contributed by atoms with E-state index in [1.165, 1.54) is 24.5 Å². The van der Waals surface area contributed by atoms with Crippen molar-refractivity contribution in [1.82, 2.24) is 20.2 Å². The highest BCUT2D eigenvalue weighted by molar-refractivity contribution is 6.32. The highest BCUT2D eigenvalue weighted by Gasteiger charge is 2.68. The van der Waals surface area contributed by atoms with Crippen LogP contribution in [0.4, 0.5) is 13.2 Å². The number of aromatic nitrogens is 2. The Bertz CT molecular complexity index is 937. The van der Waals surface area contributed by atoms with Crippen LogP contribution in [0.3, 0.4) is 0 Å². The maximum atomic E-state index is 13.8. The van der Waals surface area contributed by atoms with E-state index in [1.807, 2.05) is 19.0 Å².